The molecule has 1 saturated carbocycles. The number of carbonyl (C=O) groups excluding carboxylic acids is 2. The van der Waals surface area contributed by atoms with Crippen LogP contribution >= 0.6 is 0 Å². The molecular formula is C11H12O3. The molecule has 0 N–H and O–H groups in total. The molecule has 2 fully saturated rings. The molecule has 1 spiro atoms. The molecule has 3 rings (SSSR count). The van der Waals surface area contributed by atoms with Gasteiger partial charge in [0.05, 0.1) is 5.92 Å². The summed E-state index contributed by atoms with van der Waals surface area (Å²) in [6.07, 6.45) is 4.96. The maximum absolute atomic E-state index is 11.6. The minimum absolute atomic E-state index is 0.0985. The Morgan fingerprint density at radius 1 is 1.43 bits per heavy atom. The Kier molecular flexibility index (Phi) is 1.52. The summed E-state index contributed by atoms with van der Waals surface area (Å²) >= 11 is 0. The molecule has 0 aromatic heterocycles. The van der Waals surface area contributed by atoms with Gasteiger partial charge in [-0.25, -0.2) is 0 Å². The quantitative estimate of drug-likeness (QED) is 0.575. The number of carbonyl (C=O) groups is 2. The van der Waals surface area contributed by atoms with Gasteiger partial charge in [-0.3, -0.25) is 9.59 Å². The second kappa shape index (κ2) is 2.54. The molecule has 3 heteroatoms. The number of ketones is 2. The van der Waals surface area contributed by atoms with Gasteiger partial charge in [-0.1, -0.05) is 0 Å². The van der Waals surface area contributed by atoms with Crippen molar-refractivity contribution in [3.8, 4) is 0 Å². The fourth-order valence-corrected chi connectivity index (χ4v) is 3.07. The molecule has 1 aliphatic heterocycles. The summed E-state index contributed by atoms with van der Waals surface area (Å²) in [5.41, 5.74) is 0.718. The Hall–Kier alpha value is -0.960. The van der Waals surface area contributed by atoms with Gasteiger partial charge in [0.15, 0.2) is 11.6 Å². The summed E-state index contributed by atoms with van der Waals surface area (Å²) < 4.78 is 5.66. The molecule has 14 heavy (non-hydrogen) atoms. The molecule has 1 heterocycles. The van der Waals surface area contributed by atoms with Crippen LogP contribution < -0.4 is 0 Å². The average molecular weight is 192 g/mol. The molecular weight excluding hydrogens is 180 g/mol. The predicted molar refractivity (Wildman–Crippen MR) is 48.7 cm³/mol. The maximum Gasteiger partial charge on any atom is 0.165 e. The first-order valence-electron chi connectivity index (χ1n) is 5.13. The molecule has 3 nitrogen and oxygen atoms in total. The van der Waals surface area contributed by atoms with Crippen molar-refractivity contribution < 1.29 is 14.3 Å². The van der Waals surface area contributed by atoms with Crippen molar-refractivity contribution in [3.05, 3.63) is 11.6 Å². The van der Waals surface area contributed by atoms with E-state index in [4.69, 9.17) is 4.74 Å². The van der Waals surface area contributed by atoms with Crippen LogP contribution in [0.5, 0.6) is 0 Å². The van der Waals surface area contributed by atoms with Crippen molar-refractivity contribution in [1.82, 2.24) is 0 Å². The number of ether oxygens (including phenoxy) is 1. The molecule has 74 valence electrons. The zero-order valence-electron chi connectivity index (χ0n) is 7.91. The van der Waals surface area contributed by atoms with Gasteiger partial charge in [-0.2, -0.15) is 0 Å². The predicted octanol–water partition coefficient (Wildman–Crippen LogP) is 1.02. The third kappa shape index (κ3) is 0.857. The lowest BCUT2D eigenvalue weighted by atomic mass is 9.75. The Balaban J connectivity index is 2.12. The zero-order valence-corrected chi connectivity index (χ0v) is 7.91. The van der Waals surface area contributed by atoms with Gasteiger partial charge >= 0.3 is 0 Å². The second-order valence-electron chi connectivity index (χ2n) is 4.39. The first kappa shape index (κ1) is 8.36. The van der Waals surface area contributed by atoms with E-state index in [2.05, 4.69) is 0 Å². The Bertz CT molecular complexity index is 356. The fourth-order valence-electron chi connectivity index (χ4n) is 3.07. The van der Waals surface area contributed by atoms with Crippen LogP contribution in [0.15, 0.2) is 11.6 Å². The van der Waals surface area contributed by atoms with Crippen molar-refractivity contribution >= 4 is 11.6 Å². The van der Waals surface area contributed by atoms with E-state index in [1.807, 2.05) is 0 Å². The van der Waals surface area contributed by atoms with Gasteiger partial charge in [0.1, 0.15) is 12.2 Å². The molecule has 0 unspecified atom stereocenters. The highest BCUT2D eigenvalue weighted by atomic mass is 16.5. The Labute approximate surface area is 82.1 Å². The number of allylic oxidation sites excluding steroid dienone is 1. The van der Waals surface area contributed by atoms with E-state index < -0.39 is 0 Å². The maximum atomic E-state index is 11.6. The Morgan fingerprint density at radius 2 is 2.29 bits per heavy atom. The summed E-state index contributed by atoms with van der Waals surface area (Å²) in [5, 5.41) is 0. The number of hydrogen-bond donors (Lipinski definition) is 0. The van der Waals surface area contributed by atoms with Crippen molar-refractivity contribution in [3.63, 3.8) is 0 Å². The summed E-state index contributed by atoms with van der Waals surface area (Å²) in [6, 6.07) is 0. The zero-order chi connectivity index (χ0) is 9.76. The van der Waals surface area contributed by atoms with Crippen molar-refractivity contribution in [2.45, 2.75) is 31.3 Å². The molecule has 0 radical (unpaired) electrons. The van der Waals surface area contributed by atoms with Gasteiger partial charge in [-0.15, -0.1) is 0 Å². The van der Waals surface area contributed by atoms with E-state index in [1.54, 1.807) is 6.08 Å². The lowest BCUT2D eigenvalue weighted by Crippen LogP contribution is -2.40. The van der Waals surface area contributed by atoms with Gasteiger partial charge in [0.25, 0.3) is 0 Å². The summed E-state index contributed by atoms with van der Waals surface area (Å²) in [4.78, 5) is 23.0. The number of Topliss-reactive ketones (excluding diaryl/α,β-unsaturated/α-hetero) is 1. The van der Waals surface area contributed by atoms with E-state index in [-0.39, 0.29) is 29.7 Å². The van der Waals surface area contributed by atoms with Gasteiger partial charge < -0.3 is 4.74 Å². The molecule has 3 aliphatic rings. The molecule has 2 aliphatic carbocycles. The van der Waals surface area contributed by atoms with E-state index in [0.29, 0.717) is 6.42 Å². The summed E-state index contributed by atoms with van der Waals surface area (Å²) in [7, 11) is 0. The third-order valence-corrected chi connectivity index (χ3v) is 3.70. The van der Waals surface area contributed by atoms with Crippen molar-refractivity contribution in [1.29, 1.82) is 0 Å². The second-order valence-corrected chi connectivity index (χ2v) is 4.39. The highest BCUT2D eigenvalue weighted by Gasteiger charge is 2.55. The number of hydrogen-bond acceptors (Lipinski definition) is 3. The number of rotatable bonds is 0. The fraction of sp³-hybridized carbons (Fsp3) is 0.636. The molecule has 0 bridgehead atoms. The van der Waals surface area contributed by atoms with Crippen LogP contribution in [0.1, 0.15) is 25.7 Å². The highest BCUT2D eigenvalue weighted by Crippen LogP contribution is 2.50. The molecule has 1 saturated heterocycles. The smallest absolute Gasteiger partial charge is 0.165 e. The first-order chi connectivity index (χ1) is 6.72. The highest BCUT2D eigenvalue weighted by molar-refractivity contribution is 5.99. The molecule has 0 aromatic rings. The van der Waals surface area contributed by atoms with Gasteiger partial charge in [0, 0.05) is 6.42 Å². The first-order valence-corrected chi connectivity index (χ1v) is 5.13. The van der Waals surface area contributed by atoms with Crippen molar-refractivity contribution in [2.24, 2.45) is 5.92 Å². The van der Waals surface area contributed by atoms with E-state index >= 15 is 0 Å². The van der Waals surface area contributed by atoms with E-state index in [9.17, 15) is 9.59 Å². The molecule has 0 aromatic carbocycles. The van der Waals surface area contributed by atoms with Crippen LogP contribution in [-0.2, 0) is 14.3 Å². The minimum Gasteiger partial charge on any atom is -0.362 e. The van der Waals surface area contributed by atoms with E-state index in [0.717, 1.165) is 24.8 Å². The van der Waals surface area contributed by atoms with Crippen LogP contribution in [0.3, 0.4) is 0 Å². The third-order valence-electron chi connectivity index (χ3n) is 3.70. The normalized spacial score (nSPS) is 40.9. The monoisotopic (exact) mass is 192 g/mol. The summed E-state index contributed by atoms with van der Waals surface area (Å²) in [5.74, 6) is 0.0460. The minimum atomic E-state index is -0.356. The van der Waals surface area contributed by atoms with E-state index in [1.165, 1.54) is 0 Å². The van der Waals surface area contributed by atoms with Gasteiger partial charge in [0.2, 0.25) is 0 Å². The van der Waals surface area contributed by atoms with Gasteiger partial charge in [-0.05, 0) is 30.9 Å². The van der Waals surface area contributed by atoms with Crippen LogP contribution in [-0.4, -0.2) is 23.8 Å². The average Bonchev–Trinajstić information content (AvgIpc) is 2.68. The molecule has 2 atom stereocenters. The molecule has 0 amide bonds. The topological polar surface area (TPSA) is 43.4 Å². The lowest BCUT2D eigenvalue weighted by molar-refractivity contribution is -0.125. The largest absolute Gasteiger partial charge is 0.362 e. The van der Waals surface area contributed by atoms with Crippen molar-refractivity contribution in [2.75, 3.05) is 6.61 Å². The van der Waals surface area contributed by atoms with Crippen LogP contribution in [0.25, 0.3) is 0 Å². The lowest BCUT2D eigenvalue weighted by Gasteiger charge is -2.33. The van der Waals surface area contributed by atoms with Crippen LogP contribution in [0, 0.1) is 5.92 Å². The summed E-state index contributed by atoms with van der Waals surface area (Å²) in [6.45, 7) is 0.204. The SMILES string of the molecule is O=C1C=C2CCC[C@@]23OCC(=O)[C@H]3C1. The Morgan fingerprint density at radius 3 is 3.14 bits per heavy atom. The van der Waals surface area contributed by atoms with Crippen LogP contribution in [0.2, 0.25) is 0 Å². The standard InChI is InChI=1S/C11H12O3/c12-8-4-7-2-1-3-11(7)9(5-8)10(13)6-14-11/h4,9H,1-3,5-6H2/t9-,11-/m1/s1. The van der Waals surface area contributed by atoms with Crippen LogP contribution in [0.4, 0.5) is 0 Å².